The largest absolute Gasteiger partial charge is 0.508 e. The second-order valence-corrected chi connectivity index (χ2v) is 9.24. The van der Waals surface area contributed by atoms with Crippen molar-refractivity contribution < 1.29 is 24.5 Å². The molecule has 1 heterocycles. The normalized spacial score (nSPS) is 22.2. The Balaban J connectivity index is 1.99. The van der Waals surface area contributed by atoms with E-state index >= 15 is 0 Å². The number of hydrogen-bond donors (Lipinski definition) is 2. The highest BCUT2D eigenvalue weighted by Gasteiger charge is 2.49. The number of benzene rings is 1. The molecule has 5 nitrogen and oxygen atoms in total. The molecule has 0 fully saturated rings. The van der Waals surface area contributed by atoms with E-state index in [9.17, 15) is 19.8 Å². The molecule has 0 aromatic heterocycles. The number of allylic oxidation sites excluding steroid dienone is 5. The second-order valence-electron chi connectivity index (χ2n) is 9.24. The topological polar surface area (TPSA) is 83.8 Å². The van der Waals surface area contributed by atoms with Crippen LogP contribution in [0, 0.1) is 5.41 Å². The third-order valence-electron chi connectivity index (χ3n) is 5.81. The van der Waals surface area contributed by atoms with Crippen LogP contribution in [0.25, 0.3) is 0 Å². The molecule has 2 N–H and O–H groups in total. The van der Waals surface area contributed by atoms with Gasteiger partial charge in [-0.15, -0.1) is 0 Å². The summed E-state index contributed by atoms with van der Waals surface area (Å²) < 4.78 is 6.03. The zero-order valence-electron chi connectivity index (χ0n) is 18.8. The van der Waals surface area contributed by atoms with Crippen molar-refractivity contribution in [3.8, 4) is 5.75 Å². The summed E-state index contributed by atoms with van der Waals surface area (Å²) in [6.45, 7) is 9.43. The summed E-state index contributed by atoms with van der Waals surface area (Å²) in [5, 5.41) is 20.4. The van der Waals surface area contributed by atoms with Crippen molar-refractivity contribution in [1.29, 1.82) is 0 Å². The van der Waals surface area contributed by atoms with Gasteiger partial charge in [0.2, 0.25) is 0 Å². The van der Waals surface area contributed by atoms with E-state index in [2.05, 4.69) is 0 Å². The Morgan fingerprint density at radius 1 is 1.10 bits per heavy atom. The standard InChI is InChI=1S/C26H30O5/c1-16(2)12-15-26(5)19-13-14-25(3,4)31-23(19)22(29)21(24(26)30)20(28)11-8-17-6-9-18(27)10-7-17/h6-7,9-10,12-14,27,29H,8,11,15H2,1-5H3. The fraction of sp³-hybridized carbons (Fsp3) is 0.385. The number of aliphatic hydroxyl groups excluding tert-OH is 1. The van der Waals surface area contributed by atoms with E-state index in [1.807, 2.05) is 45.9 Å². The Kier molecular flexibility index (Phi) is 5.99. The maximum Gasteiger partial charge on any atom is 0.181 e. The molecule has 1 aliphatic carbocycles. The smallest absolute Gasteiger partial charge is 0.181 e. The summed E-state index contributed by atoms with van der Waals surface area (Å²) in [5.74, 6) is -0.809. The van der Waals surface area contributed by atoms with Crippen LogP contribution in [0.4, 0.5) is 0 Å². The minimum Gasteiger partial charge on any atom is -0.508 e. The van der Waals surface area contributed by atoms with Crippen LogP contribution in [0.15, 0.2) is 70.7 Å². The predicted molar refractivity (Wildman–Crippen MR) is 120 cm³/mol. The molecule has 1 atom stereocenters. The van der Waals surface area contributed by atoms with Crippen LogP contribution in [0.2, 0.25) is 0 Å². The first-order chi connectivity index (χ1) is 14.4. The lowest BCUT2D eigenvalue weighted by atomic mass is 9.67. The van der Waals surface area contributed by atoms with Gasteiger partial charge in [-0.25, -0.2) is 0 Å². The van der Waals surface area contributed by atoms with Crippen molar-refractivity contribution in [2.24, 2.45) is 5.41 Å². The van der Waals surface area contributed by atoms with Crippen molar-refractivity contribution in [2.75, 3.05) is 0 Å². The van der Waals surface area contributed by atoms with Crippen molar-refractivity contribution in [2.45, 2.75) is 59.5 Å². The van der Waals surface area contributed by atoms with Crippen molar-refractivity contribution in [3.05, 3.63) is 76.3 Å². The maximum absolute atomic E-state index is 13.6. The molecule has 3 rings (SSSR count). The molecule has 1 aromatic carbocycles. The van der Waals surface area contributed by atoms with Crippen LogP contribution in [0.3, 0.4) is 0 Å². The van der Waals surface area contributed by atoms with E-state index in [4.69, 9.17) is 4.74 Å². The van der Waals surface area contributed by atoms with Gasteiger partial charge in [-0.3, -0.25) is 9.59 Å². The lowest BCUT2D eigenvalue weighted by Gasteiger charge is -2.40. The first kappa shape index (κ1) is 22.6. The van der Waals surface area contributed by atoms with Gasteiger partial charge in [-0.1, -0.05) is 29.9 Å². The van der Waals surface area contributed by atoms with Crippen molar-refractivity contribution in [3.63, 3.8) is 0 Å². The van der Waals surface area contributed by atoms with E-state index in [1.165, 1.54) is 0 Å². The lowest BCUT2D eigenvalue weighted by molar-refractivity contribution is -0.127. The van der Waals surface area contributed by atoms with Gasteiger partial charge in [0.15, 0.2) is 23.1 Å². The number of aliphatic hydroxyl groups is 1. The van der Waals surface area contributed by atoms with Gasteiger partial charge in [-0.2, -0.15) is 0 Å². The molecular weight excluding hydrogens is 392 g/mol. The first-order valence-corrected chi connectivity index (χ1v) is 10.5. The van der Waals surface area contributed by atoms with Crippen LogP contribution in [-0.4, -0.2) is 27.4 Å². The van der Waals surface area contributed by atoms with Gasteiger partial charge in [0.1, 0.15) is 16.9 Å². The average Bonchev–Trinajstić information content (AvgIpc) is 2.70. The SMILES string of the molecule is CC(C)=CCC1(C)C(=O)C(C(=O)CCc2ccc(O)cc2)=C(O)C2=C1C=CC(C)(C)O2. The fourth-order valence-corrected chi connectivity index (χ4v) is 3.86. The third-order valence-corrected chi connectivity index (χ3v) is 5.81. The Morgan fingerprint density at radius 3 is 2.35 bits per heavy atom. The van der Waals surface area contributed by atoms with Crippen molar-refractivity contribution in [1.82, 2.24) is 0 Å². The Morgan fingerprint density at radius 2 is 1.74 bits per heavy atom. The molecule has 2 aliphatic rings. The summed E-state index contributed by atoms with van der Waals surface area (Å²) in [6.07, 6.45) is 6.54. The molecule has 0 saturated carbocycles. The zero-order valence-corrected chi connectivity index (χ0v) is 18.8. The Hall–Kier alpha value is -3.08. The molecule has 0 spiro atoms. The minimum atomic E-state index is -1.00. The van der Waals surface area contributed by atoms with Crippen LogP contribution < -0.4 is 0 Å². The summed E-state index contributed by atoms with van der Waals surface area (Å²) in [7, 11) is 0. The highest BCUT2D eigenvalue weighted by atomic mass is 16.5. The molecule has 31 heavy (non-hydrogen) atoms. The van der Waals surface area contributed by atoms with Gasteiger partial charge in [0, 0.05) is 12.0 Å². The Bertz CT molecular complexity index is 1030. The number of aromatic hydroxyl groups is 1. The number of aryl methyl sites for hydroxylation is 1. The van der Waals surface area contributed by atoms with Crippen molar-refractivity contribution >= 4 is 11.6 Å². The molecular formula is C26H30O5. The lowest BCUT2D eigenvalue weighted by Crippen LogP contribution is -2.41. The average molecular weight is 423 g/mol. The number of phenolic OH excluding ortho intramolecular Hbond substituents is 1. The first-order valence-electron chi connectivity index (χ1n) is 10.5. The molecule has 0 radical (unpaired) electrons. The zero-order chi connectivity index (χ0) is 23.0. The quantitative estimate of drug-likeness (QED) is 0.482. The third kappa shape index (κ3) is 4.50. The molecule has 0 saturated heterocycles. The number of carbonyl (C=O) groups is 2. The van der Waals surface area contributed by atoms with E-state index in [-0.39, 0.29) is 35.0 Å². The number of carbonyl (C=O) groups excluding carboxylic acids is 2. The fourth-order valence-electron chi connectivity index (χ4n) is 3.86. The summed E-state index contributed by atoms with van der Waals surface area (Å²) in [6, 6.07) is 6.58. The van der Waals surface area contributed by atoms with Crippen LogP contribution in [0.1, 0.15) is 53.0 Å². The molecule has 1 aromatic rings. The molecule has 0 bridgehead atoms. The van der Waals surface area contributed by atoms with Crippen LogP contribution in [0.5, 0.6) is 5.75 Å². The summed E-state index contributed by atoms with van der Waals surface area (Å²) in [4.78, 5) is 26.7. The number of ketones is 2. The number of ether oxygens (including phenoxy) is 1. The molecule has 164 valence electrons. The molecule has 0 amide bonds. The Labute approximate surface area is 183 Å². The molecule has 5 heteroatoms. The van der Waals surface area contributed by atoms with Gasteiger partial charge < -0.3 is 14.9 Å². The summed E-state index contributed by atoms with van der Waals surface area (Å²) >= 11 is 0. The van der Waals surface area contributed by atoms with E-state index in [0.717, 1.165) is 11.1 Å². The van der Waals surface area contributed by atoms with Crippen LogP contribution in [-0.2, 0) is 20.7 Å². The van der Waals surface area contributed by atoms with E-state index in [1.54, 1.807) is 31.2 Å². The maximum atomic E-state index is 13.6. The van der Waals surface area contributed by atoms with Gasteiger partial charge in [-0.05, 0) is 71.2 Å². The predicted octanol–water partition coefficient (Wildman–Crippen LogP) is 5.27. The molecule has 1 aliphatic heterocycles. The van der Waals surface area contributed by atoms with E-state index in [0.29, 0.717) is 18.4 Å². The highest BCUT2D eigenvalue weighted by Crippen LogP contribution is 2.47. The van der Waals surface area contributed by atoms with Gasteiger partial charge in [0.05, 0.1) is 5.41 Å². The highest BCUT2D eigenvalue weighted by molar-refractivity contribution is 6.24. The monoisotopic (exact) mass is 422 g/mol. The van der Waals surface area contributed by atoms with Crippen LogP contribution >= 0.6 is 0 Å². The molecule has 1 unspecified atom stereocenters. The van der Waals surface area contributed by atoms with E-state index < -0.39 is 16.8 Å². The van der Waals surface area contributed by atoms with Gasteiger partial charge >= 0.3 is 0 Å². The number of rotatable bonds is 6. The number of Topliss-reactive ketones (excluding diaryl/α,β-unsaturated/α-hetero) is 2. The second kappa shape index (κ2) is 8.22. The summed E-state index contributed by atoms with van der Waals surface area (Å²) in [5.41, 5.74) is 0.672. The number of phenols is 1. The number of hydrogen-bond acceptors (Lipinski definition) is 5. The van der Waals surface area contributed by atoms with Gasteiger partial charge in [0.25, 0.3) is 0 Å². The minimum absolute atomic E-state index is 0.0660.